The number of rotatable bonds is 5. The minimum atomic E-state index is 0.732. The lowest BCUT2D eigenvalue weighted by molar-refractivity contribution is 0.551. The van der Waals surface area contributed by atoms with Crippen LogP contribution in [0.4, 0.5) is 5.69 Å². The van der Waals surface area contributed by atoms with Crippen molar-refractivity contribution in [2.75, 3.05) is 11.9 Å². The van der Waals surface area contributed by atoms with E-state index in [0.29, 0.717) is 0 Å². The molecule has 1 unspecified atom stereocenters. The third-order valence-corrected chi connectivity index (χ3v) is 3.73. The summed E-state index contributed by atoms with van der Waals surface area (Å²) in [5.41, 5.74) is 1.22. The van der Waals surface area contributed by atoms with E-state index in [0.717, 1.165) is 16.9 Å². The highest BCUT2D eigenvalue weighted by Gasteiger charge is 2.01. The predicted molar refractivity (Wildman–Crippen MR) is 84.2 cm³/mol. The molecular formula is C16H20BrN. The number of anilines is 1. The van der Waals surface area contributed by atoms with Crippen molar-refractivity contribution < 1.29 is 0 Å². The highest BCUT2D eigenvalue weighted by Crippen LogP contribution is 2.23. The van der Waals surface area contributed by atoms with Gasteiger partial charge in [-0.15, -0.1) is 0 Å². The molecule has 0 aliphatic heterocycles. The minimum absolute atomic E-state index is 0.732. The molecule has 0 fully saturated rings. The molecule has 2 aromatic rings. The van der Waals surface area contributed by atoms with Gasteiger partial charge < -0.3 is 5.32 Å². The van der Waals surface area contributed by atoms with Gasteiger partial charge in [0.15, 0.2) is 0 Å². The van der Waals surface area contributed by atoms with E-state index in [1.54, 1.807) is 0 Å². The second-order valence-corrected chi connectivity index (χ2v) is 5.90. The van der Waals surface area contributed by atoms with Crippen molar-refractivity contribution in [1.29, 1.82) is 0 Å². The van der Waals surface area contributed by atoms with E-state index in [9.17, 15) is 0 Å². The number of benzene rings is 2. The third kappa shape index (κ3) is 3.49. The van der Waals surface area contributed by atoms with Crippen LogP contribution in [0.1, 0.15) is 26.7 Å². The Morgan fingerprint density at radius 1 is 1.11 bits per heavy atom. The summed E-state index contributed by atoms with van der Waals surface area (Å²) in [6, 6.07) is 12.9. The van der Waals surface area contributed by atoms with E-state index in [1.807, 2.05) is 0 Å². The van der Waals surface area contributed by atoms with Crippen LogP contribution in [0.3, 0.4) is 0 Å². The first kappa shape index (κ1) is 13.4. The van der Waals surface area contributed by atoms with E-state index < -0.39 is 0 Å². The summed E-state index contributed by atoms with van der Waals surface area (Å²) < 4.78 is 1.13. The maximum absolute atomic E-state index is 3.52. The van der Waals surface area contributed by atoms with Crippen LogP contribution in [0.25, 0.3) is 10.8 Å². The summed E-state index contributed by atoms with van der Waals surface area (Å²) in [6.07, 6.45) is 2.54. The quantitative estimate of drug-likeness (QED) is 0.774. The maximum Gasteiger partial charge on any atom is 0.0346 e. The van der Waals surface area contributed by atoms with Gasteiger partial charge >= 0.3 is 0 Å². The lowest BCUT2D eigenvalue weighted by Crippen LogP contribution is -2.10. The Morgan fingerprint density at radius 2 is 1.83 bits per heavy atom. The molecule has 0 saturated carbocycles. The average Bonchev–Trinajstić information content (AvgIpc) is 2.36. The summed E-state index contributed by atoms with van der Waals surface area (Å²) in [4.78, 5) is 0. The second-order valence-electron chi connectivity index (χ2n) is 4.98. The normalized spacial score (nSPS) is 12.6. The summed E-state index contributed by atoms with van der Waals surface area (Å²) in [6.45, 7) is 5.59. The number of hydrogen-bond acceptors (Lipinski definition) is 1. The Hall–Kier alpha value is -1.02. The van der Waals surface area contributed by atoms with Crippen molar-refractivity contribution >= 4 is 32.4 Å². The fraction of sp³-hybridized carbons (Fsp3) is 0.375. The molecule has 0 radical (unpaired) electrons. The molecule has 0 aliphatic rings. The number of halogens is 1. The van der Waals surface area contributed by atoms with Gasteiger partial charge in [-0.05, 0) is 47.4 Å². The van der Waals surface area contributed by atoms with Crippen LogP contribution in [-0.4, -0.2) is 6.54 Å². The van der Waals surface area contributed by atoms with Gasteiger partial charge in [-0.3, -0.25) is 0 Å². The first-order valence-corrected chi connectivity index (χ1v) is 7.41. The lowest BCUT2D eigenvalue weighted by atomic mass is 10.1. The van der Waals surface area contributed by atoms with Crippen LogP contribution in [0.5, 0.6) is 0 Å². The summed E-state index contributed by atoms with van der Waals surface area (Å²) in [5.74, 6) is 0.732. The molecule has 1 N–H and O–H groups in total. The van der Waals surface area contributed by atoms with Gasteiger partial charge in [0.05, 0.1) is 0 Å². The molecule has 96 valence electrons. The van der Waals surface area contributed by atoms with Crippen LogP contribution < -0.4 is 5.32 Å². The van der Waals surface area contributed by atoms with Crippen LogP contribution in [0.15, 0.2) is 40.9 Å². The summed E-state index contributed by atoms with van der Waals surface area (Å²) in [5, 5.41) is 6.08. The fourth-order valence-corrected chi connectivity index (χ4v) is 2.59. The Bertz CT molecular complexity index is 521. The van der Waals surface area contributed by atoms with Crippen molar-refractivity contribution in [3.63, 3.8) is 0 Å². The molecule has 1 atom stereocenters. The van der Waals surface area contributed by atoms with Crippen molar-refractivity contribution in [2.45, 2.75) is 26.7 Å². The Labute approximate surface area is 118 Å². The number of hydrogen-bond donors (Lipinski definition) is 1. The highest BCUT2D eigenvalue weighted by atomic mass is 79.9. The third-order valence-electron chi connectivity index (χ3n) is 3.24. The van der Waals surface area contributed by atoms with Crippen LogP contribution in [0.2, 0.25) is 0 Å². The molecule has 0 amide bonds. The molecule has 0 aromatic heterocycles. The first-order chi connectivity index (χ1) is 8.69. The molecule has 2 heteroatoms. The topological polar surface area (TPSA) is 12.0 Å². The van der Waals surface area contributed by atoms with Crippen molar-refractivity contribution in [3.05, 3.63) is 40.9 Å². The molecule has 0 aliphatic carbocycles. The summed E-state index contributed by atoms with van der Waals surface area (Å²) >= 11 is 3.50. The molecule has 0 spiro atoms. The molecule has 2 aromatic carbocycles. The first-order valence-electron chi connectivity index (χ1n) is 6.62. The van der Waals surface area contributed by atoms with Crippen molar-refractivity contribution in [1.82, 2.24) is 0 Å². The summed E-state index contributed by atoms with van der Waals surface area (Å²) in [7, 11) is 0. The van der Waals surface area contributed by atoms with Gasteiger partial charge in [0, 0.05) is 16.7 Å². The molecular weight excluding hydrogens is 286 g/mol. The number of fused-ring (bicyclic) bond motifs is 1. The Morgan fingerprint density at radius 3 is 2.61 bits per heavy atom. The van der Waals surface area contributed by atoms with Gasteiger partial charge in [-0.25, -0.2) is 0 Å². The zero-order chi connectivity index (χ0) is 13.0. The van der Waals surface area contributed by atoms with Gasteiger partial charge in [-0.1, -0.05) is 48.3 Å². The zero-order valence-electron chi connectivity index (χ0n) is 11.0. The molecule has 0 heterocycles. The van der Waals surface area contributed by atoms with Crippen LogP contribution in [0, 0.1) is 5.92 Å². The van der Waals surface area contributed by atoms with E-state index in [1.165, 1.54) is 29.3 Å². The van der Waals surface area contributed by atoms with Gasteiger partial charge in [-0.2, -0.15) is 0 Å². The molecule has 2 rings (SSSR count). The zero-order valence-corrected chi connectivity index (χ0v) is 12.6. The van der Waals surface area contributed by atoms with Gasteiger partial charge in [0.1, 0.15) is 0 Å². The SMILES string of the molecule is CCCC(C)CNc1ccc2cc(Br)ccc2c1. The molecule has 18 heavy (non-hydrogen) atoms. The van der Waals surface area contributed by atoms with E-state index >= 15 is 0 Å². The smallest absolute Gasteiger partial charge is 0.0346 e. The second kappa shape index (κ2) is 6.24. The Kier molecular flexibility index (Phi) is 4.65. The average molecular weight is 306 g/mol. The maximum atomic E-state index is 3.52. The van der Waals surface area contributed by atoms with Crippen molar-refractivity contribution in [2.24, 2.45) is 5.92 Å². The largest absolute Gasteiger partial charge is 0.385 e. The molecule has 0 bridgehead atoms. The molecule has 0 saturated heterocycles. The van der Waals surface area contributed by atoms with Gasteiger partial charge in [0.2, 0.25) is 0 Å². The molecule has 1 nitrogen and oxygen atoms in total. The van der Waals surface area contributed by atoms with E-state index in [2.05, 4.69) is 71.5 Å². The van der Waals surface area contributed by atoms with Gasteiger partial charge in [0.25, 0.3) is 0 Å². The van der Waals surface area contributed by atoms with E-state index in [-0.39, 0.29) is 0 Å². The lowest BCUT2D eigenvalue weighted by Gasteiger charge is -2.13. The predicted octanol–water partition coefficient (Wildman–Crippen LogP) is 5.45. The van der Waals surface area contributed by atoms with Crippen LogP contribution >= 0.6 is 15.9 Å². The van der Waals surface area contributed by atoms with Crippen LogP contribution in [-0.2, 0) is 0 Å². The Balaban J connectivity index is 2.08. The standard InChI is InChI=1S/C16H20BrN/c1-3-4-12(2)11-18-16-8-6-13-9-15(17)7-5-14(13)10-16/h5-10,12,18H,3-4,11H2,1-2H3. The monoisotopic (exact) mass is 305 g/mol. The minimum Gasteiger partial charge on any atom is -0.385 e. The van der Waals surface area contributed by atoms with E-state index in [4.69, 9.17) is 0 Å². The number of nitrogens with one attached hydrogen (secondary N) is 1. The highest BCUT2D eigenvalue weighted by molar-refractivity contribution is 9.10. The van der Waals surface area contributed by atoms with Crippen molar-refractivity contribution in [3.8, 4) is 0 Å². The fourth-order valence-electron chi connectivity index (χ4n) is 2.21.